The molecule has 0 amide bonds. The molecule has 0 unspecified atom stereocenters. The maximum Gasteiger partial charge on any atom is 0.176 e. The third kappa shape index (κ3) is 3.67. The third-order valence-corrected chi connectivity index (χ3v) is 3.68. The second-order valence-corrected chi connectivity index (χ2v) is 4.92. The van der Waals surface area contributed by atoms with Gasteiger partial charge in [0.15, 0.2) is 11.5 Å². The Labute approximate surface area is 129 Å². The van der Waals surface area contributed by atoms with Gasteiger partial charge in [0, 0.05) is 26.2 Å². The maximum absolute atomic E-state index is 13.4. The van der Waals surface area contributed by atoms with E-state index in [0.29, 0.717) is 0 Å². The summed E-state index contributed by atoms with van der Waals surface area (Å²) < 4.78 is 18.4. The van der Waals surface area contributed by atoms with Gasteiger partial charge in [0.1, 0.15) is 6.67 Å². The standard InChI is InChI=1S/C13H18ClFN2O2.ClH/c1-19-12-7-9(6-10(14)13(12)18)11(8-15)17-4-2-16-3-5-17;/h6-7,11,16,18H,2-5,8H2,1H3;1H/t11-;/m0./s1. The minimum Gasteiger partial charge on any atom is -0.503 e. The minimum atomic E-state index is -0.496. The van der Waals surface area contributed by atoms with E-state index in [-0.39, 0.29) is 35.0 Å². The van der Waals surface area contributed by atoms with Gasteiger partial charge in [-0.2, -0.15) is 0 Å². The van der Waals surface area contributed by atoms with Gasteiger partial charge in [-0.1, -0.05) is 11.6 Å². The number of methoxy groups -OCH3 is 1. The summed E-state index contributed by atoms with van der Waals surface area (Å²) in [5.41, 5.74) is 0.726. The molecular weight excluding hydrogens is 306 g/mol. The van der Waals surface area contributed by atoms with Gasteiger partial charge in [0.2, 0.25) is 0 Å². The van der Waals surface area contributed by atoms with E-state index in [1.165, 1.54) is 7.11 Å². The molecule has 0 aromatic heterocycles. The lowest BCUT2D eigenvalue weighted by molar-refractivity contribution is 0.147. The van der Waals surface area contributed by atoms with Gasteiger partial charge in [-0.3, -0.25) is 4.90 Å². The summed E-state index contributed by atoms with van der Waals surface area (Å²) >= 11 is 5.95. The van der Waals surface area contributed by atoms with E-state index < -0.39 is 6.67 Å². The first-order chi connectivity index (χ1) is 9.17. The van der Waals surface area contributed by atoms with Gasteiger partial charge >= 0.3 is 0 Å². The Balaban J connectivity index is 0.00000200. The van der Waals surface area contributed by atoms with E-state index in [4.69, 9.17) is 16.3 Å². The van der Waals surface area contributed by atoms with Gasteiger partial charge in [0.05, 0.1) is 18.2 Å². The van der Waals surface area contributed by atoms with Crippen LogP contribution in [0, 0.1) is 0 Å². The van der Waals surface area contributed by atoms with Crippen LogP contribution in [0.4, 0.5) is 4.39 Å². The van der Waals surface area contributed by atoms with Crippen molar-refractivity contribution in [2.24, 2.45) is 0 Å². The minimum absolute atomic E-state index is 0. The first-order valence-corrected chi connectivity index (χ1v) is 6.62. The van der Waals surface area contributed by atoms with E-state index in [1.54, 1.807) is 12.1 Å². The zero-order chi connectivity index (χ0) is 13.8. The number of phenolic OH excluding ortho intramolecular Hbond substituents is 1. The van der Waals surface area contributed by atoms with Crippen LogP contribution in [0.2, 0.25) is 5.02 Å². The number of ether oxygens (including phenoxy) is 1. The Kier molecular flexibility index (Phi) is 6.82. The van der Waals surface area contributed by atoms with Gasteiger partial charge in [0.25, 0.3) is 0 Å². The fourth-order valence-corrected chi connectivity index (χ4v) is 2.55. The van der Waals surface area contributed by atoms with Crippen molar-refractivity contribution in [3.8, 4) is 11.5 Å². The second-order valence-electron chi connectivity index (χ2n) is 4.51. The molecule has 1 aliphatic heterocycles. The number of rotatable bonds is 4. The molecule has 1 atom stereocenters. The second kappa shape index (κ2) is 7.88. The van der Waals surface area contributed by atoms with Gasteiger partial charge in [-0.05, 0) is 17.7 Å². The summed E-state index contributed by atoms with van der Waals surface area (Å²) in [6, 6.07) is 2.90. The lowest BCUT2D eigenvalue weighted by atomic mass is 10.0. The zero-order valence-corrected chi connectivity index (χ0v) is 12.8. The number of piperazine rings is 1. The van der Waals surface area contributed by atoms with Crippen molar-refractivity contribution < 1.29 is 14.2 Å². The van der Waals surface area contributed by atoms with Crippen LogP contribution in [0.25, 0.3) is 0 Å². The number of hydrogen-bond donors (Lipinski definition) is 2. The van der Waals surface area contributed by atoms with E-state index >= 15 is 0 Å². The van der Waals surface area contributed by atoms with Crippen molar-refractivity contribution in [3.05, 3.63) is 22.7 Å². The number of nitrogens with zero attached hydrogens (tertiary/aromatic N) is 1. The number of hydrogen-bond acceptors (Lipinski definition) is 4. The number of halogens is 3. The van der Waals surface area contributed by atoms with Crippen LogP contribution in [0.15, 0.2) is 12.1 Å². The molecule has 7 heteroatoms. The average Bonchev–Trinajstić information content (AvgIpc) is 2.44. The molecular formula is C13H19Cl2FN2O2. The zero-order valence-electron chi connectivity index (χ0n) is 11.2. The Bertz CT molecular complexity index is 443. The molecule has 2 N–H and O–H groups in total. The SMILES string of the molecule is COc1cc([C@H](CF)N2CCNCC2)cc(Cl)c1O.Cl. The highest BCUT2D eigenvalue weighted by atomic mass is 35.5. The number of benzene rings is 1. The topological polar surface area (TPSA) is 44.7 Å². The van der Waals surface area contributed by atoms with Crippen molar-refractivity contribution in [2.45, 2.75) is 6.04 Å². The molecule has 0 spiro atoms. The summed E-state index contributed by atoms with van der Waals surface area (Å²) in [6.07, 6.45) is 0. The van der Waals surface area contributed by atoms with Gasteiger partial charge < -0.3 is 15.2 Å². The molecule has 114 valence electrons. The summed E-state index contributed by atoms with van der Waals surface area (Å²) in [6.45, 7) is 2.77. The molecule has 0 saturated carbocycles. The fraction of sp³-hybridized carbons (Fsp3) is 0.538. The van der Waals surface area contributed by atoms with E-state index in [0.717, 1.165) is 31.7 Å². The molecule has 1 aliphatic rings. The Morgan fingerprint density at radius 2 is 2.10 bits per heavy atom. The average molecular weight is 325 g/mol. The van der Waals surface area contributed by atoms with Crippen molar-refractivity contribution in [1.82, 2.24) is 10.2 Å². The predicted molar refractivity (Wildman–Crippen MR) is 80.1 cm³/mol. The van der Waals surface area contributed by atoms with Crippen LogP contribution in [-0.2, 0) is 0 Å². The highest BCUT2D eigenvalue weighted by molar-refractivity contribution is 6.32. The first-order valence-electron chi connectivity index (χ1n) is 6.24. The van der Waals surface area contributed by atoms with Crippen molar-refractivity contribution in [2.75, 3.05) is 40.0 Å². The van der Waals surface area contributed by atoms with Crippen LogP contribution in [0.5, 0.6) is 11.5 Å². The predicted octanol–water partition coefficient (Wildman–Crippen LogP) is 2.39. The third-order valence-electron chi connectivity index (χ3n) is 3.39. The molecule has 0 bridgehead atoms. The highest BCUT2D eigenvalue weighted by Crippen LogP contribution is 2.37. The summed E-state index contributed by atoms with van der Waals surface area (Å²) in [5.74, 6) is 0.168. The Morgan fingerprint density at radius 1 is 1.45 bits per heavy atom. The fourth-order valence-electron chi connectivity index (χ4n) is 2.33. The molecule has 1 saturated heterocycles. The van der Waals surface area contributed by atoms with E-state index in [2.05, 4.69) is 10.2 Å². The van der Waals surface area contributed by atoms with Crippen molar-refractivity contribution in [3.63, 3.8) is 0 Å². The molecule has 1 aromatic rings. The summed E-state index contributed by atoms with van der Waals surface area (Å²) in [7, 11) is 1.45. The normalized spacial score (nSPS) is 17.4. The molecule has 20 heavy (non-hydrogen) atoms. The maximum atomic E-state index is 13.4. The summed E-state index contributed by atoms with van der Waals surface area (Å²) in [5, 5.41) is 13.1. The van der Waals surface area contributed by atoms with Crippen molar-refractivity contribution >= 4 is 24.0 Å². The highest BCUT2D eigenvalue weighted by Gasteiger charge is 2.24. The Morgan fingerprint density at radius 3 is 2.65 bits per heavy atom. The monoisotopic (exact) mass is 324 g/mol. The van der Waals surface area contributed by atoms with Gasteiger partial charge in [-0.25, -0.2) is 4.39 Å². The van der Waals surface area contributed by atoms with Crippen LogP contribution < -0.4 is 10.1 Å². The molecule has 1 heterocycles. The van der Waals surface area contributed by atoms with E-state index in [9.17, 15) is 9.50 Å². The largest absolute Gasteiger partial charge is 0.503 e. The molecule has 1 aromatic carbocycles. The number of nitrogens with one attached hydrogen (secondary N) is 1. The molecule has 1 fully saturated rings. The van der Waals surface area contributed by atoms with Crippen molar-refractivity contribution in [1.29, 1.82) is 0 Å². The first kappa shape index (κ1) is 17.3. The lowest BCUT2D eigenvalue weighted by Crippen LogP contribution is -2.45. The number of alkyl halides is 1. The van der Waals surface area contributed by atoms with Gasteiger partial charge in [-0.15, -0.1) is 12.4 Å². The van der Waals surface area contributed by atoms with Crippen LogP contribution in [0.3, 0.4) is 0 Å². The van der Waals surface area contributed by atoms with Crippen LogP contribution in [0.1, 0.15) is 11.6 Å². The summed E-state index contributed by atoms with van der Waals surface area (Å²) in [4.78, 5) is 2.07. The molecule has 0 aliphatic carbocycles. The Hall–Kier alpha value is -0.750. The molecule has 0 radical (unpaired) electrons. The number of phenols is 1. The molecule has 4 nitrogen and oxygen atoms in total. The number of aromatic hydroxyl groups is 1. The quantitative estimate of drug-likeness (QED) is 0.892. The van der Waals surface area contributed by atoms with Crippen LogP contribution in [-0.4, -0.2) is 50.0 Å². The molecule has 2 rings (SSSR count). The smallest absolute Gasteiger partial charge is 0.176 e. The van der Waals surface area contributed by atoms with Crippen LogP contribution >= 0.6 is 24.0 Å². The lowest BCUT2D eigenvalue weighted by Gasteiger charge is -2.33. The van der Waals surface area contributed by atoms with E-state index in [1.807, 2.05) is 0 Å².